The molecule has 8 heteroatoms. The van der Waals surface area contributed by atoms with E-state index < -0.39 is 0 Å². The molecule has 1 aromatic rings. The van der Waals surface area contributed by atoms with Crippen molar-refractivity contribution in [3.8, 4) is 11.5 Å². The number of benzene rings is 1. The topological polar surface area (TPSA) is 97.6 Å². The number of halogens is 1. The van der Waals surface area contributed by atoms with Crippen LogP contribution in [0, 0.1) is 0 Å². The lowest BCUT2D eigenvalue weighted by Crippen LogP contribution is -2.46. The number of carbonyl (C=O) groups is 1. The molecule has 1 saturated heterocycles. The zero-order chi connectivity index (χ0) is 16.8. The van der Waals surface area contributed by atoms with Crippen LogP contribution in [0.3, 0.4) is 0 Å². The molecule has 140 valence electrons. The van der Waals surface area contributed by atoms with E-state index in [4.69, 9.17) is 15.2 Å². The summed E-state index contributed by atoms with van der Waals surface area (Å²) < 4.78 is 10.8. The van der Waals surface area contributed by atoms with Crippen LogP contribution in [-0.2, 0) is 4.79 Å². The van der Waals surface area contributed by atoms with Crippen LogP contribution in [0.4, 0.5) is 0 Å². The van der Waals surface area contributed by atoms with Crippen LogP contribution in [0.15, 0.2) is 18.2 Å². The Morgan fingerprint density at radius 3 is 2.84 bits per heavy atom. The molecule has 5 N–H and O–H groups in total. The smallest absolute Gasteiger partial charge is 0.231 e. The zero-order valence-corrected chi connectivity index (χ0v) is 15.1. The van der Waals surface area contributed by atoms with E-state index >= 15 is 0 Å². The Bertz CT molecular complexity index is 573. The van der Waals surface area contributed by atoms with Gasteiger partial charge in [0.1, 0.15) is 6.17 Å². The predicted molar refractivity (Wildman–Crippen MR) is 97.8 cm³/mol. The molecular weight excluding hydrogens is 344 g/mol. The maximum atomic E-state index is 12.1. The summed E-state index contributed by atoms with van der Waals surface area (Å²) in [5.41, 5.74) is 12.9. The maximum Gasteiger partial charge on any atom is 0.231 e. The van der Waals surface area contributed by atoms with Gasteiger partial charge in [0.25, 0.3) is 0 Å². The molecule has 0 saturated carbocycles. The van der Waals surface area contributed by atoms with Crippen molar-refractivity contribution >= 4 is 18.3 Å². The fraction of sp³-hybridized carbons (Fsp3) is 0.588. The molecule has 7 nitrogen and oxygen atoms in total. The van der Waals surface area contributed by atoms with Gasteiger partial charge >= 0.3 is 0 Å². The van der Waals surface area contributed by atoms with Crippen LogP contribution in [0.2, 0.25) is 0 Å². The molecule has 25 heavy (non-hydrogen) atoms. The minimum absolute atomic E-state index is 0. The van der Waals surface area contributed by atoms with E-state index in [1.807, 2.05) is 18.2 Å². The normalized spacial score (nSPS) is 21.0. The van der Waals surface area contributed by atoms with Crippen LogP contribution in [0.5, 0.6) is 11.5 Å². The lowest BCUT2D eigenvalue weighted by Gasteiger charge is -2.20. The highest BCUT2D eigenvalue weighted by Gasteiger charge is 2.30. The van der Waals surface area contributed by atoms with Gasteiger partial charge in [0.05, 0.1) is 0 Å². The molecule has 3 rings (SSSR count). The second-order valence-electron chi connectivity index (χ2n) is 6.24. The van der Waals surface area contributed by atoms with E-state index in [0.717, 1.165) is 55.8 Å². The standard InChI is InChI=1S/C17H26N4O3.ClH/c18-8-4-2-1-3-5-16(22)20-17-13(10-19-21-17)12-6-7-14-15(9-12)24-11-23-14;/h6-7,9,13,17,19,21H,1-5,8,10-11,18H2,(H,20,22);1H. The minimum atomic E-state index is -0.123. The summed E-state index contributed by atoms with van der Waals surface area (Å²) >= 11 is 0. The summed E-state index contributed by atoms with van der Waals surface area (Å²) in [4.78, 5) is 12.1. The van der Waals surface area contributed by atoms with E-state index in [1.54, 1.807) is 0 Å². The number of nitrogens with one attached hydrogen (secondary N) is 3. The summed E-state index contributed by atoms with van der Waals surface area (Å²) in [5, 5.41) is 3.08. The SMILES string of the molecule is Cl.NCCCCCCC(=O)NC1NNCC1c1ccc2c(c1)OCO2. The number of amides is 1. The van der Waals surface area contributed by atoms with Crippen molar-refractivity contribution in [1.29, 1.82) is 0 Å². The van der Waals surface area contributed by atoms with Crippen molar-refractivity contribution in [2.75, 3.05) is 19.9 Å². The van der Waals surface area contributed by atoms with Gasteiger partial charge in [-0.3, -0.25) is 10.2 Å². The zero-order valence-electron chi connectivity index (χ0n) is 14.3. The number of nitrogens with two attached hydrogens (primary N) is 1. The monoisotopic (exact) mass is 370 g/mol. The van der Waals surface area contributed by atoms with Crippen LogP contribution in [0.25, 0.3) is 0 Å². The number of rotatable bonds is 8. The summed E-state index contributed by atoms with van der Waals surface area (Å²) in [6.45, 7) is 1.74. The van der Waals surface area contributed by atoms with Gasteiger partial charge in [0.2, 0.25) is 12.7 Å². The third-order valence-corrected chi connectivity index (χ3v) is 4.48. The summed E-state index contributed by atoms with van der Waals surface area (Å²) in [5.74, 6) is 1.77. The summed E-state index contributed by atoms with van der Waals surface area (Å²) in [6, 6.07) is 5.94. The van der Waals surface area contributed by atoms with Crippen molar-refractivity contribution in [3.63, 3.8) is 0 Å². The number of carbonyl (C=O) groups excluding carboxylic acids is 1. The second-order valence-corrected chi connectivity index (χ2v) is 6.24. The van der Waals surface area contributed by atoms with Gasteiger partial charge in [-0.25, -0.2) is 5.43 Å². The molecule has 2 heterocycles. The Kier molecular flexibility index (Phi) is 7.77. The average Bonchev–Trinajstić information content (AvgIpc) is 3.22. The quantitative estimate of drug-likeness (QED) is 0.516. The Morgan fingerprint density at radius 2 is 2.00 bits per heavy atom. The molecule has 0 spiro atoms. The molecule has 0 radical (unpaired) electrons. The highest BCUT2D eigenvalue weighted by molar-refractivity contribution is 5.85. The molecule has 2 atom stereocenters. The van der Waals surface area contributed by atoms with Crippen molar-refractivity contribution < 1.29 is 14.3 Å². The van der Waals surface area contributed by atoms with Crippen LogP contribution in [0.1, 0.15) is 43.6 Å². The summed E-state index contributed by atoms with van der Waals surface area (Å²) in [6.07, 6.45) is 4.50. The lowest BCUT2D eigenvalue weighted by atomic mass is 9.96. The molecule has 2 aliphatic rings. The van der Waals surface area contributed by atoms with Crippen molar-refractivity contribution in [2.24, 2.45) is 5.73 Å². The number of hydrazine groups is 1. The molecule has 0 bridgehead atoms. The van der Waals surface area contributed by atoms with Gasteiger partial charge in [-0.15, -0.1) is 12.4 Å². The number of hydrogen-bond donors (Lipinski definition) is 4. The maximum absolute atomic E-state index is 12.1. The predicted octanol–water partition coefficient (Wildman–Crippen LogP) is 1.38. The first kappa shape index (κ1) is 19.8. The van der Waals surface area contributed by atoms with Gasteiger partial charge in [-0.2, -0.15) is 0 Å². The Hall–Kier alpha value is -1.54. The highest BCUT2D eigenvalue weighted by atomic mass is 35.5. The fourth-order valence-corrected chi connectivity index (χ4v) is 3.12. The first-order valence-corrected chi connectivity index (χ1v) is 8.65. The first-order valence-electron chi connectivity index (χ1n) is 8.65. The molecule has 2 aliphatic heterocycles. The van der Waals surface area contributed by atoms with E-state index in [2.05, 4.69) is 16.2 Å². The van der Waals surface area contributed by atoms with Gasteiger partial charge in [0.15, 0.2) is 11.5 Å². The number of ether oxygens (including phenoxy) is 2. The average molecular weight is 371 g/mol. The van der Waals surface area contributed by atoms with E-state index in [0.29, 0.717) is 6.42 Å². The Labute approximate surface area is 154 Å². The largest absolute Gasteiger partial charge is 0.454 e. The molecule has 2 unspecified atom stereocenters. The van der Waals surface area contributed by atoms with Gasteiger partial charge in [0, 0.05) is 18.9 Å². The van der Waals surface area contributed by atoms with Gasteiger partial charge in [-0.1, -0.05) is 18.9 Å². The molecule has 1 fully saturated rings. The molecule has 0 aromatic heterocycles. The third kappa shape index (κ3) is 5.22. The molecule has 1 amide bonds. The number of fused-ring (bicyclic) bond motifs is 1. The molecular formula is C17H27ClN4O3. The van der Waals surface area contributed by atoms with E-state index in [9.17, 15) is 4.79 Å². The minimum Gasteiger partial charge on any atom is -0.454 e. The van der Waals surface area contributed by atoms with E-state index in [-0.39, 0.29) is 37.2 Å². The highest BCUT2D eigenvalue weighted by Crippen LogP contribution is 2.35. The second kappa shape index (κ2) is 9.82. The van der Waals surface area contributed by atoms with E-state index in [1.165, 1.54) is 0 Å². The van der Waals surface area contributed by atoms with Crippen molar-refractivity contribution in [1.82, 2.24) is 16.2 Å². The number of unbranched alkanes of at least 4 members (excludes halogenated alkanes) is 3. The van der Waals surface area contributed by atoms with Crippen LogP contribution >= 0.6 is 12.4 Å². The Balaban J connectivity index is 0.00000225. The van der Waals surface area contributed by atoms with Crippen LogP contribution in [-0.4, -0.2) is 32.0 Å². The van der Waals surface area contributed by atoms with Crippen molar-refractivity contribution in [2.45, 2.75) is 44.2 Å². The third-order valence-electron chi connectivity index (χ3n) is 4.48. The lowest BCUT2D eigenvalue weighted by molar-refractivity contribution is -0.122. The first-order chi connectivity index (χ1) is 11.8. The fourth-order valence-electron chi connectivity index (χ4n) is 3.12. The Morgan fingerprint density at radius 1 is 1.20 bits per heavy atom. The van der Waals surface area contributed by atoms with Gasteiger partial charge in [-0.05, 0) is 37.1 Å². The van der Waals surface area contributed by atoms with Crippen LogP contribution < -0.4 is 31.4 Å². The van der Waals surface area contributed by atoms with Crippen molar-refractivity contribution in [3.05, 3.63) is 23.8 Å². The van der Waals surface area contributed by atoms with Gasteiger partial charge < -0.3 is 20.5 Å². The molecule has 1 aromatic carbocycles. The number of hydrogen-bond acceptors (Lipinski definition) is 6. The molecule has 0 aliphatic carbocycles. The summed E-state index contributed by atoms with van der Waals surface area (Å²) in [7, 11) is 0.